The Labute approximate surface area is 175 Å². The molecule has 2 aromatic carbocycles. The number of nitrogens with zero attached hydrogens (tertiary/aromatic N) is 3. The highest BCUT2D eigenvalue weighted by molar-refractivity contribution is 7.17. The van der Waals surface area contributed by atoms with Crippen LogP contribution in [0.5, 0.6) is 0 Å². The molecule has 4 rings (SSSR count). The summed E-state index contributed by atoms with van der Waals surface area (Å²) in [6.45, 7) is 5.36. The van der Waals surface area contributed by atoms with E-state index in [2.05, 4.69) is 46.1 Å². The first-order chi connectivity index (χ1) is 14.1. The van der Waals surface area contributed by atoms with Crippen molar-refractivity contribution in [3.8, 4) is 10.6 Å². The van der Waals surface area contributed by atoms with E-state index in [1.165, 1.54) is 16.9 Å². The van der Waals surface area contributed by atoms with Crippen molar-refractivity contribution in [1.82, 2.24) is 14.8 Å². The average Bonchev–Trinajstić information content (AvgIpc) is 3.15. The number of carboxylic acids is 1. The molecule has 1 aliphatic heterocycles. The van der Waals surface area contributed by atoms with Gasteiger partial charge in [-0.3, -0.25) is 4.90 Å². The summed E-state index contributed by atoms with van der Waals surface area (Å²) >= 11 is 1.26. The molecule has 6 heteroatoms. The number of piperazine rings is 1. The highest BCUT2D eigenvalue weighted by Crippen LogP contribution is 2.30. The number of hydrogen-bond donors (Lipinski definition) is 1. The molecular formula is C23H25N3O2S. The van der Waals surface area contributed by atoms with Crippen LogP contribution >= 0.6 is 11.3 Å². The zero-order valence-electron chi connectivity index (χ0n) is 16.5. The van der Waals surface area contributed by atoms with Crippen molar-refractivity contribution in [3.63, 3.8) is 0 Å². The Kier molecular flexibility index (Phi) is 6.04. The number of hydrogen-bond acceptors (Lipinski definition) is 5. The predicted octanol–water partition coefficient (Wildman–Crippen LogP) is 3.85. The van der Waals surface area contributed by atoms with Crippen molar-refractivity contribution in [2.45, 2.75) is 13.0 Å². The van der Waals surface area contributed by atoms with Crippen molar-refractivity contribution in [1.29, 1.82) is 0 Å². The van der Waals surface area contributed by atoms with Crippen LogP contribution in [0.4, 0.5) is 0 Å². The highest BCUT2D eigenvalue weighted by atomic mass is 32.1. The zero-order chi connectivity index (χ0) is 20.2. The lowest BCUT2D eigenvalue weighted by Gasteiger charge is -2.32. The lowest BCUT2D eigenvalue weighted by molar-refractivity contribution is 0.0701. The zero-order valence-corrected chi connectivity index (χ0v) is 17.4. The summed E-state index contributed by atoms with van der Waals surface area (Å²) in [5.74, 6) is -0.911. The molecule has 0 radical (unpaired) electrons. The van der Waals surface area contributed by atoms with Crippen molar-refractivity contribution in [3.05, 3.63) is 76.3 Å². The van der Waals surface area contributed by atoms with E-state index in [1.807, 2.05) is 30.3 Å². The van der Waals surface area contributed by atoms with Crippen molar-refractivity contribution < 1.29 is 9.90 Å². The number of carbonyl (C=O) groups is 1. The van der Waals surface area contributed by atoms with E-state index in [0.717, 1.165) is 48.9 Å². The smallest absolute Gasteiger partial charge is 0.347 e. The molecule has 1 fully saturated rings. The third-order valence-corrected chi connectivity index (χ3v) is 6.44. The van der Waals surface area contributed by atoms with Crippen LogP contribution in [0.25, 0.3) is 10.6 Å². The first kappa shape index (κ1) is 19.8. The van der Waals surface area contributed by atoms with Gasteiger partial charge in [-0.25, -0.2) is 9.78 Å². The fourth-order valence-corrected chi connectivity index (χ4v) is 4.49. The molecule has 0 atom stereocenters. The van der Waals surface area contributed by atoms with Crippen LogP contribution in [0.2, 0.25) is 0 Å². The van der Waals surface area contributed by atoms with Gasteiger partial charge in [0.25, 0.3) is 0 Å². The number of rotatable bonds is 6. The van der Waals surface area contributed by atoms with Crippen LogP contribution < -0.4 is 0 Å². The maximum atomic E-state index is 11.7. The molecule has 0 aliphatic carbocycles. The molecule has 0 unspecified atom stereocenters. The normalized spacial score (nSPS) is 15.5. The minimum Gasteiger partial charge on any atom is -0.477 e. The van der Waals surface area contributed by atoms with Crippen LogP contribution in [-0.2, 0) is 13.0 Å². The minimum atomic E-state index is -0.911. The average molecular weight is 408 g/mol. The quantitative estimate of drug-likeness (QED) is 0.673. The second-order valence-corrected chi connectivity index (χ2v) is 8.54. The van der Waals surface area contributed by atoms with Gasteiger partial charge in [0, 0.05) is 44.7 Å². The fraction of sp³-hybridized carbons (Fsp3) is 0.304. The van der Waals surface area contributed by atoms with Crippen molar-refractivity contribution >= 4 is 17.3 Å². The van der Waals surface area contributed by atoms with Gasteiger partial charge in [0.1, 0.15) is 9.88 Å². The van der Waals surface area contributed by atoms with Gasteiger partial charge in [0.2, 0.25) is 0 Å². The summed E-state index contributed by atoms with van der Waals surface area (Å²) in [6, 6.07) is 18.3. The number of carboxylic acid groups (broad SMARTS) is 1. The Morgan fingerprint density at radius 1 is 1.00 bits per heavy atom. The van der Waals surface area contributed by atoms with Crippen LogP contribution in [0.3, 0.4) is 0 Å². The summed E-state index contributed by atoms with van der Waals surface area (Å²) in [4.78, 5) is 21.5. The number of thiazole rings is 1. The molecule has 0 saturated carbocycles. The Morgan fingerprint density at radius 2 is 1.69 bits per heavy atom. The molecule has 0 spiro atoms. The summed E-state index contributed by atoms with van der Waals surface area (Å²) in [5, 5.41) is 10.4. The van der Waals surface area contributed by atoms with E-state index < -0.39 is 5.97 Å². The van der Waals surface area contributed by atoms with Gasteiger partial charge in [-0.15, -0.1) is 11.3 Å². The first-order valence-corrected chi connectivity index (χ1v) is 10.7. The molecule has 0 amide bonds. The van der Waals surface area contributed by atoms with Gasteiger partial charge in [-0.05, 0) is 18.2 Å². The lowest BCUT2D eigenvalue weighted by atomic mass is 10.1. The number of likely N-dealkylation sites (N-methyl/N-ethyl adjacent to an activating group) is 1. The molecular weight excluding hydrogens is 382 g/mol. The Bertz CT molecular complexity index is 962. The van der Waals surface area contributed by atoms with Crippen LogP contribution in [0.1, 0.15) is 26.5 Å². The number of aromatic carboxylic acids is 1. The van der Waals surface area contributed by atoms with Crippen molar-refractivity contribution in [2.75, 3.05) is 33.2 Å². The second kappa shape index (κ2) is 8.86. The van der Waals surface area contributed by atoms with E-state index in [1.54, 1.807) is 0 Å². The van der Waals surface area contributed by atoms with Gasteiger partial charge >= 0.3 is 5.97 Å². The third-order valence-electron chi connectivity index (χ3n) is 5.31. The van der Waals surface area contributed by atoms with Crippen LogP contribution in [-0.4, -0.2) is 59.1 Å². The van der Waals surface area contributed by atoms with E-state index in [-0.39, 0.29) is 0 Å². The first-order valence-electron chi connectivity index (χ1n) is 9.85. The summed E-state index contributed by atoms with van der Waals surface area (Å²) in [6.07, 6.45) is 0.528. The molecule has 2 heterocycles. The van der Waals surface area contributed by atoms with Crippen molar-refractivity contribution in [2.24, 2.45) is 0 Å². The van der Waals surface area contributed by atoms with Crippen LogP contribution in [0.15, 0.2) is 54.6 Å². The van der Waals surface area contributed by atoms with E-state index in [0.29, 0.717) is 17.0 Å². The SMILES string of the molecule is CN1CCN(Cc2ccc(-c3nc(Cc4ccccc4)c(C(=O)O)s3)cc2)CC1. The van der Waals surface area contributed by atoms with Gasteiger partial charge in [-0.2, -0.15) is 0 Å². The Morgan fingerprint density at radius 3 is 2.34 bits per heavy atom. The molecule has 5 nitrogen and oxygen atoms in total. The summed E-state index contributed by atoms with van der Waals surface area (Å²) < 4.78 is 0. The monoisotopic (exact) mass is 407 g/mol. The van der Waals surface area contributed by atoms with E-state index in [9.17, 15) is 9.90 Å². The maximum Gasteiger partial charge on any atom is 0.347 e. The molecule has 150 valence electrons. The Hall–Kier alpha value is -2.54. The molecule has 1 aliphatic rings. The van der Waals surface area contributed by atoms with Gasteiger partial charge in [0.05, 0.1) is 5.69 Å². The maximum absolute atomic E-state index is 11.7. The van der Waals surface area contributed by atoms with Gasteiger partial charge in [0.15, 0.2) is 0 Å². The van der Waals surface area contributed by atoms with E-state index >= 15 is 0 Å². The largest absolute Gasteiger partial charge is 0.477 e. The number of aromatic nitrogens is 1. The fourth-order valence-electron chi connectivity index (χ4n) is 3.57. The molecule has 29 heavy (non-hydrogen) atoms. The topological polar surface area (TPSA) is 56.7 Å². The lowest BCUT2D eigenvalue weighted by Crippen LogP contribution is -2.43. The van der Waals surface area contributed by atoms with Gasteiger partial charge < -0.3 is 10.0 Å². The summed E-state index contributed by atoms with van der Waals surface area (Å²) in [7, 11) is 2.16. The second-order valence-electron chi connectivity index (χ2n) is 7.54. The molecule has 1 aromatic heterocycles. The molecule has 0 bridgehead atoms. The predicted molar refractivity (Wildman–Crippen MR) is 117 cm³/mol. The molecule has 3 aromatic rings. The van der Waals surface area contributed by atoms with E-state index in [4.69, 9.17) is 0 Å². The Balaban J connectivity index is 1.50. The standard InChI is InChI=1S/C23H25N3O2S/c1-25-11-13-26(14-12-25)16-18-7-9-19(10-8-18)22-24-20(21(29-22)23(27)28)15-17-5-3-2-4-6-17/h2-10H,11-16H2,1H3,(H,27,28). The highest BCUT2D eigenvalue weighted by Gasteiger charge is 2.19. The molecule has 1 N–H and O–H groups in total. The summed E-state index contributed by atoms with van der Waals surface area (Å²) in [5.41, 5.74) is 3.94. The van der Waals surface area contributed by atoms with Gasteiger partial charge in [-0.1, -0.05) is 54.6 Å². The minimum absolute atomic E-state index is 0.324. The molecule has 1 saturated heterocycles. The third kappa shape index (κ3) is 4.90. The van der Waals surface area contributed by atoms with Crippen LogP contribution in [0, 0.1) is 0 Å². The number of benzene rings is 2.